The van der Waals surface area contributed by atoms with E-state index in [1.54, 1.807) is 0 Å². The van der Waals surface area contributed by atoms with Gasteiger partial charge in [0.25, 0.3) is 0 Å². The summed E-state index contributed by atoms with van der Waals surface area (Å²) in [6, 6.07) is 0. The lowest BCUT2D eigenvalue weighted by molar-refractivity contribution is 0.307. The molecule has 0 atom stereocenters. The van der Waals surface area contributed by atoms with Crippen LogP contribution in [0.3, 0.4) is 0 Å². The topological polar surface area (TPSA) is 46.2 Å². The molecule has 0 aliphatic rings. The van der Waals surface area contributed by atoms with Crippen molar-refractivity contribution in [2.75, 3.05) is 6.73 Å². The second-order valence-corrected chi connectivity index (χ2v) is 0.183. The Kier molecular flexibility index (Phi) is 579. The van der Waals surface area contributed by atoms with Crippen LogP contribution in [0.1, 0.15) is 22.3 Å². The summed E-state index contributed by atoms with van der Waals surface area (Å²) in [5, 5.41) is 7.35. The van der Waals surface area contributed by atoms with Crippen molar-refractivity contribution in [1.82, 2.24) is 0 Å². The Morgan fingerprint density at radius 2 is 1.17 bits per heavy atom. The van der Waals surface area contributed by atoms with E-state index in [0.29, 0.717) is 0 Å². The maximum absolute atomic E-state index is 7.35. The third-order valence-corrected chi connectivity index (χ3v) is 0. The fraction of sp³-hybridized carbons (Fsp3) is 1.00. The van der Waals surface area contributed by atoms with Crippen molar-refractivity contribution >= 4 is 0 Å². The number of hydrogen-bond donors (Lipinski definition) is 2. The number of hydrogen-bond acceptors (Lipinski definition) is 2. The summed E-state index contributed by atoms with van der Waals surface area (Å²) < 4.78 is 0. The molecular formula is C4H17NO. The quantitative estimate of drug-likeness (QED) is 0.437. The summed E-state index contributed by atoms with van der Waals surface area (Å²) in [6.07, 6.45) is 0. The van der Waals surface area contributed by atoms with Crippen LogP contribution < -0.4 is 5.73 Å². The molecule has 0 fully saturated rings. The van der Waals surface area contributed by atoms with Gasteiger partial charge in [0.05, 0.1) is 6.73 Å². The van der Waals surface area contributed by atoms with Crippen LogP contribution in [0.4, 0.5) is 0 Å². The monoisotopic (exact) mass is 95.1 g/mol. The molecular weight excluding hydrogens is 78.0 g/mol. The molecule has 0 aromatic heterocycles. The fourth-order valence-corrected chi connectivity index (χ4v) is 0. The predicted molar refractivity (Wildman–Crippen MR) is 31.5 cm³/mol. The molecule has 2 nitrogen and oxygen atoms in total. The molecule has 0 saturated heterocycles. The SMILES string of the molecule is C.C.C.NCO. The van der Waals surface area contributed by atoms with E-state index < -0.39 is 0 Å². The summed E-state index contributed by atoms with van der Waals surface area (Å²) in [6.45, 7) is -0.250. The van der Waals surface area contributed by atoms with Crippen molar-refractivity contribution in [3.8, 4) is 0 Å². The molecule has 44 valence electrons. The Balaban J connectivity index is -0.00000000667. The van der Waals surface area contributed by atoms with Gasteiger partial charge in [-0.1, -0.05) is 22.3 Å². The molecule has 0 aliphatic heterocycles. The third-order valence-electron chi connectivity index (χ3n) is 0. The first-order valence-electron chi connectivity index (χ1n) is 0.724. The highest BCUT2D eigenvalue weighted by Gasteiger charge is 1.30. The first kappa shape index (κ1) is 38.9. The maximum Gasteiger partial charge on any atom is 0.0906 e. The molecule has 0 radical (unpaired) electrons. The molecule has 0 aromatic carbocycles. The lowest BCUT2D eigenvalue weighted by atomic mass is 11.4. The van der Waals surface area contributed by atoms with Gasteiger partial charge in [0, 0.05) is 0 Å². The Labute approximate surface area is 41.0 Å². The molecule has 0 bridgehead atoms. The largest absolute Gasteiger partial charge is 0.382 e. The summed E-state index contributed by atoms with van der Waals surface area (Å²) in [4.78, 5) is 0. The van der Waals surface area contributed by atoms with Crippen LogP contribution in [0.25, 0.3) is 0 Å². The van der Waals surface area contributed by atoms with Crippen LogP contribution in [0.2, 0.25) is 0 Å². The lowest BCUT2D eigenvalue weighted by Crippen LogP contribution is -1.92. The van der Waals surface area contributed by atoms with Crippen LogP contribution >= 0.6 is 0 Å². The minimum Gasteiger partial charge on any atom is -0.382 e. The zero-order valence-corrected chi connectivity index (χ0v) is 1.73. The van der Waals surface area contributed by atoms with Crippen molar-refractivity contribution in [3.63, 3.8) is 0 Å². The van der Waals surface area contributed by atoms with Gasteiger partial charge in [0.15, 0.2) is 0 Å². The van der Waals surface area contributed by atoms with Gasteiger partial charge < -0.3 is 10.8 Å². The zero-order valence-electron chi connectivity index (χ0n) is 1.73. The van der Waals surface area contributed by atoms with Gasteiger partial charge in [-0.2, -0.15) is 0 Å². The van der Waals surface area contributed by atoms with Crippen molar-refractivity contribution in [2.24, 2.45) is 5.73 Å². The van der Waals surface area contributed by atoms with E-state index in [0.717, 1.165) is 0 Å². The van der Waals surface area contributed by atoms with E-state index in [4.69, 9.17) is 5.11 Å². The number of rotatable bonds is 0. The normalized spacial score (nSPS) is 3.00. The molecule has 0 unspecified atom stereocenters. The Bertz CT molecular complexity index is 7.51. The molecule has 2 heteroatoms. The van der Waals surface area contributed by atoms with Crippen molar-refractivity contribution < 1.29 is 5.11 Å². The first-order chi connectivity index (χ1) is 1.41. The smallest absolute Gasteiger partial charge is 0.0906 e. The second kappa shape index (κ2) is 89.3. The average Bonchev–Trinajstić information content (AvgIpc) is 0.918. The Morgan fingerprint density at radius 3 is 1.17 bits per heavy atom. The molecule has 0 spiro atoms. The first-order valence-corrected chi connectivity index (χ1v) is 0.724. The Morgan fingerprint density at radius 1 is 1.17 bits per heavy atom. The van der Waals surface area contributed by atoms with Crippen LogP contribution in [-0.2, 0) is 0 Å². The van der Waals surface area contributed by atoms with E-state index in [2.05, 4.69) is 5.73 Å². The van der Waals surface area contributed by atoms with Crippen LogP contribution in [-0.4, -0.2) is 11.8 Å². The number of aliphatic hydroxyl groups is 1. The van der Waals surface area contributed by atoms with E-state index >= 15 is 0 Å². The molecule has 0 heterocycles. The van der Waals surface area contributed by atoms with Gasteiger partial charge >= 0.3 is 0 Å². The summed E-state index contributed by atoms with van der Waals surface area (Å²) in [5.74, 6) is 0. The predicted octanol–water partition coefficient (Wildman–Crippen LogP) is 0.803. The highest BCUT2D eigenvalue weighted by atomic mass is 16.3. The molecule has 0 aromatic rings. The van der Waals surface area contributed by atoms with E-state index in [9.17, 15) is 0 Å². The van der Waals surface area contributed by atoms with Gasteiger partial charge in [-0.15, -0.1) is 0 Å². The molecule has 0 rings (SSSR count). The lowest BCUT2D eigenvalue weighted by Gasteiger charge is -1.56. The van der Waals surface area contributed by atoms with E-state index in [-0.39, 0.29) is 29.0 Å². The minimum atomic E-state index is -0.250. The van der Waals surface area contributed by atoms with Crippen LogP contribution in [0.5, 0.6) is 0 Å². The fourth-order valence-electron chi connectivity index (χ4n) is 0. The third kappa shape index (κ3) is 5220. The van der Waals surface area contributed by atoms with Crippen LogP contribution in [0, 0.1) is 0 Å². The average molecular weight is 95.2 g/mol. The second-order valence-electron chi connectivity index (χ2n) is 0.183. The van der Waals surface area contributed by atoms with E-state index in [1.807, 2.05) is 0 Å². The molecule has 3 N–H and O–H groups in total. The zero-order chi connectivity index (χ0) is 2.71. The summed E-state index contributed by atoms with van der Waals surface area (Å²) >= 11 is 0. The number of nitrogens with two attached hydrogens (primary N) is 1. The highest BCUT2D eigenvalue weighted by Crippen LogP contribution is 1.04. The highest BCUT2D eigenvalue weighted by molar-refractivity contribution is 3.76. The van der Waals surface area contributed by atoms with Gasteiger partial charge in [-0.25, -0.2) is 0 Å². The molecule has 6 heavy (non-hydrogen) atoms. The molecule has 0 saturated carbocycles. The summed E-state index contributed by atoms with van der Waals surface area (Å²) in [5.41, 5.74) is 4.40. The van der Waals surface area contributed by atoms with Crippen molar-refractivity contribution in [3.05, 3.63) is 0 Å². The molecule has 0 aliphatic carbocycles. The minimum absolute atomic E-state index is 0. The van der Waals surface area contributed by atoms with Gasteiger partial charge in [0.2, 0.25) is 0 Å². The van der Waals surface area contributed by atoms with Crippen molar-refractivity contribution in [2.45, 2.75) is 22.3 Å². The maximum atomic E-state index is 7.35. The van der Waals surface area contributed by atoms with Gasteiger partial charge in [-0.05, 0) is 0 Å². The number of aliphatic hydroxyl groups excluding tert-OH is 1. The summed E-state index contributed by atoms with van der Waals surface area (Å²) in [7, 11) is 0. The van der Waals surface area contributed by atoms with Gasteiger partial charge in [-0.3, -0.25) is 0 Å². The standard InChI is InChI=1S/CH5NO.3CH4/c2-1-3;;;/h3H,1-2H2;3*1H4. The van der Waals surface area contributed by atoms with Crippen LogP contribution in [0.15, 0.2) is 0 Å². The molecule has 0 amide bonds. The van der Waals surface area contributed by atoms with Crippen molar-refractivity contribution in [1.29, 1.82) is 0 Å². The van der Waals surface area contributed by atoms with Gasteiger partial charge in [0.1, 0.15) is 0 Å². The van der Waals surface area contributed by atoms with E-state index in [1.165, 1.54) is 0 Å². The Hall–Kier alpha value is -0.0800.